The Morgan fingerprint density at radius 1 is 0.900 bits per heavy atom. The molecule has 0 fully saturated rings. The van der Waals surface area contributed by atoms with Crippen LogP contribution in [-0.4, -0.2) is 11.6 Å². The Balaban J connectivity index is 1.46. The number of nitrogens with zero attached hydrogens (tertiary/aromatic N) is 2. The molecule has 0 saturated heterocycles. The molecule has 0 atom stereocenters. The second-order valence-corrected chi connectivity index (χ2v) is 7.55. The van der Waals surface area contributed by atoms with Gasteiger partial charge in [0.1, 0.15) is 12.4 Å². The van der Waals surface area contributed by atoms with Crippen LogP contribution in [0.1, 0.15) is 29.2 Å². The number of hydrogen-bond donors (Lipinski definition) is 0. The first-order valence-corrected chi connectivity index (χ1v) is 9.96. The van der Waals surface area contributed by atoms with Gasteiger partial charge in [-0.2, -0.15) is 10.1 Å². The molecule has 3 aromatic rings. The van der Waals surface area contributed by atoms with E-state index in [-0.39, 0.29) is 5.91 Å². The number of anilines is 1. The summed E-state index contributed by atoms with van der Waals surface area (Å²) >= 11 is 0. The van der Waals surface area contributed by atoms with Gasteiger partial charge in [-0.25, -0.2) is 0 Å². The van der Waals surface area contributed by atoms with E-state index in [9.17, 15) is 4.79 Å². The molecule has 0 N–H and O–H groups in total. The van der Waals surface area contributed by atoms with Gasteiger partial charge >= 0.3 is 0 Å². The summed E-state index contributed by atoms with van der Waals surface area (Å²) < 4.78 is 5.92. The molecule has 0 aromatic heterocycles. The van der Waals surface area contributed by atoms with Gasteiger partial charge in [-0.15, -0.1) is 0 Å². The second-order valence-electron chi connectivity index (χ2n) is 7.55. The number of aryl methyl sites for hydroxylation is 2. The van der Waals surface area contributed by atoms with Crippen LogP contribution in [0.2, 0.25) is 0 Å². The van der Waals surface area contributed by atoms with E-state index >= 15 is 0 Å². The Hall–Kier alpha value is -3.66. The number of rotatable bonds is 5. The average Bonchev–Trinajstić information content (AvgIpc) is 3.01. The summed E-state index contributed by atoms with van der Waals surface area (Å²) in [7, 11) is 0. The second kappa shape index (κ2) is 8.37. The van der Waals surface area contributed by atoms with E-state index in [1.165, 1.54) is 16.1 Å². The molecule has 0 unspecified atom stereocenters. The summed E-state index contributed by atoms with van der Waals surface area (Å²) in [6, 6.07) is 23.6. The summed E-state index contributed by atoms with van der Waals surface area (Å²) in [6.45, 7) is 6.56. The largest absolute Gasteiger partial charge is 0.489 e. The Morgan fingerprint density at radius 2 is 1.57 bits per heavy atom. The van der Waals surface area contributed by atoms with Crippen LogP contribution in [0.3, 0.4) is 0 Å². The van der Waals surface area contributed by atoms with Crippen molar-refractivity contribution in [2.45, 2.75) is 27.4 Å². The van der Waals surface area contributed by atoms with E-state index in [1.54, 1.807) is 0 Å². The fraction of sp³-hybridized carbons (Fsp3) is 0.154. The lowest BCUT2D eigenvalue weighted by molar-refractivity contribution is -0.114. The maximum Gasteiger partial charge on any atom is 0.280 e. The molecule has 1 heterocycles. The lowest BCUT2D eigenvalue weighted by Gasteiger charge is -2.11. The van der Waals surface area contributed by atoms with Crippen molar-refractivity contribution < 1.29 is 9.53 Å². The summed E-state index contributed by atoms with van der Waals surface area (Å²) in [6.07, 6.45) is 1.87. The fourth-order valence-corrected chi connectivity index (χ4v) is 3.57. The van der Waals surface area contributed by atoms with Crippen molar-refractivity contribution in [3.63, 3.8) is 0 Å². The number of carbonyl (C=O) groups is 1. The topological polar surface area (TPSA) is 41.9 Å². The summed E-state index contributed by atoms with van der Waals surface area (Å²) in [5.41, 5.74) is 6.63. The Morgan fingerprint density at radius 3 is 2.23 bits per heavy atom. The van der Waals surface area contributed by atoms with Crippen molar-refractivity contribution in [2.24, 2.45) is 5.10 Å². The molecule has 0 bridgehead atoms. The molecule has 4 heteroatoms. The molecule has 1 aliphatic heterocycles. The highest BCUT2D eigenvalue weighted by molar-refractivity contribution is 6.32. The number of ether oxygens (including phenoxy) is 1. The number of hydrogen-bond acceptors (Lipinski definition) is 3. The van der Waals surface area contributed by atoms with Gasteiger partial charge in [0.2, 0.25) is 0 Å². The van der Waals surface area contributed by atoms with Gasteiger partial charge in [0.15, 0.2) is 0 Å². The van der Waals surface area contributed by atoms with Crippen LogP contribution in [0.4, 0.5) is 5.69 Å². The van der Waals surface area contributed by atoms with Crippen LogP contribution < -0.4 is 9.75 Å². The molecule has 1 aliphatic rings. The van der Waals surface area contributed by atoms with Crippen molar-refractivity contribution >= 4 is 23.4 Å². The van der Waals surface area contributed by atoms with Gasteiger partial charge in [0.05, 0.1) is 17.0 Å². The Labute approximate surface area is 177 Å². The van der Waals surface area contributed by atoms with Crippen LogP contribution in [0, 0.1) is 13.8 Å². The SMILES string of the molecule is CC1=NN(c2ccccc2)C(=O)/C1=C/c1ccc(OCc2cc(C)cc(C)c2)cc1. The monoisotopic (exact) mass is 396 g/mol. The summed E-state index contributed by atoms with van der Waals surface area (Å²) in [5.74, 6) is 0.680. The lowest BCUT2D eigenvalue weighted by Crippen LogP contribution is -2.21. The minimum atomic E-state index is -0.117. The highest BCUT2D eigenvalue weighted by Gasteiger charge is 2.28. The van der Waals surface area contributed by atoms with Crippen molar-refractivity contribution in [2.75, 3.05) is 5.01 Å². The van der Waals surface area contributed by atoms with Crippen LogP contribution in [0.25, 0.3) is 6.08 Å². The normalized spacial score (nSPS) is 14.9. The van der Waals surface area contributed by atoms with Gasteiger partial charge in [0, 0.05) is 0 Å². The van der Waals surface area contributed by atoms with Gasteiger partial charge in [-0.1, -0.05) is 59.7 Å². The predicted octanol–water partition coefficient (Wildman–Crippen LogP) is 5.69. The molecule has 0 saturated carbocycles. The number of carbonyl (C=O) groups excluding carboxylic acids is 1. The third kappa shape index (κ3) is 4.33. The Kier molecular flexibility index (Phi) is 5.48. The van der Waals surface area contributed by atoms with E-state index in [4.69, 9.17) is 4.74 Å². The number of benzene rings is 3. The van der Waals surface area contributed by atoms with E-state index < -0.39 is 0 Å². The Bertz CT molecular complexity index is 1110. The van der Waals surface area contributed by atoms with E-state index in [0.717, 1.165) is 22.6 Å². The maximum absolute atomic E-state index is 12.8. The first-order valence-electron chi connectivity index (χ1n) is 9.96. The molecule has 0 radical (unpaired) electrons. The van der Waals surface area contributed by atoms with Crippen LogP contribution in [0.5, 0.6) is 5.75 Å². The minimum absolute atomic E-state index is 0.117. The van der Waals surface area contributed by atoms with E-state index in [2.05, 4.69) is 37.1 Å². The zero-order valence-electron chi connectivity index (χ0n) is 17.4. The van der Waals surface area contributed by atoms with Crippen LogP contribution >= 0.6 is 0 Å². The fourth-order valence-electron chi connectivity index (χ4n) is 3.57. The average molecular weight is 396 g/mol. The predicted molar refractivity (Wildman–Crippen MR) is 122 cm³/mol. The molecular weight excluding hydrogens is 372 g/mol. The zero-order valence-corrected chi connectivity index (χ0v) is 17.4. The molecule has 4 rings (SSSR count). The number of amides is 1. The highest BCUT2D eigenvalue weighted by atomic mass is 16.5. The van der Waals surface area contributed by atoms with Gasteiger partial charge < -0.3 is 4.74 Å². The molecule has 150 valence electrons. The third-order valence-electron chi connectivity index (χ3n) is 4.94. The number of para-hydroxylation sites is 1. The van der Waals surface area contributed by atoms with Crippen molar-refractivity contribution in [3.8, 4) is 5.75 Å². The van der Waals surface area contributed by atoms with Crippen LogP contribution in [0.15, 0.2) is 83.5 Å². The third-order valence-corrected chi connectivity index (χ3v) is 4.94. The standard InChI is InChI=1S/C26H24N2O2/c1-18-13-19(2)15-22(14-18)17-30-24-11-9-21(10-12-24)16-25-20(3)27-28(26(25)29)23-7-5-4-6-8-23/h4-16H,17H2,1-3H3/b25-16+. The van der Waals surface area contributed by atoms with Crippen molar-refractivity contribution in [1.29, 1.82) is 0 Å². The lowest BCUT2D eigenvalue weighted by atomic mass is 10.1. The highest BCUT2D eigenvalue weighted by Crippen LogP contribution is 2.25. The van der Waals surface area contributed by atoms with Gasteiger partial charge in [-0.05, 0) is 62.2 Å². The molecule has 1 amide bonds. The molecular formula is C26H24N2O2. The molecule has 0 spiro atoms. The summed E-state index contributed by atoms with van der Waals surface area (Å²) in [4.78, 5) is 12.8. The van der Waals surface area contributed by atoms with Crippen molar-refractivity contribution in [1.82, 2.24) is 0 Å². The van der Waals surface area contributed by atoms with Crippen molar-refractivity contribution in [3.05, 3.63) is 101 Å². The molecule has 30 heavy (non-hydrogen) atoms. The van der Waals surface area contributed by atoms with Gasteiger partial charge in [0.25, 0.3) is 5.91 Å². The maximum atomic E-state index is 12.8. The molecule has 3 aromatic carbocycles. The number of hydrazone groups is 1. The van der Waals surface area contributed by atoms with E-state index in [1.807, 2.05) is 67.6 Å². The van der Waals surface area contributed by atoms with E-state index in [0.29, 0.717) is 17.9 Å². The summed E-state index contributed by atoms with van der Waals surface area (Å²) in [5, 5.41) is 5.87. The zero-order chi connectivity index (χ0) is 21.1. The first kappa shape index (κ1) is 19.6. The first-order chi connectivity index (χ1) is 14.5. The van der Waals surface area contributed by atoms with Crippen LogP contribution in [-0.2, 0) is 11.4 Å². The molecule has 4 nitrogen and oxygen atoms in total. The quantitative estimate of drug-likeness (QED) is 0.520. The molecule has 0 aliphatic carbocycles. The van der Waals surface area contributed by atoms with Gasteiger partial charge in [-0.3, -0.25) is 4.79 Å². The minimum Gasteiger partial charge on any atom is -0.489 e. The smallest absolute Gasteiger partial charge is 0.280 e.